The number of nitrogens with zero attached hydrogens (tertiary/aromatic N) is 4. The number of hydrogen-bond donors (Lipinski definition) is 0. The number of rotatable bonds is 7. The minimum Gasteiger partial charge on any atom is -0.349 e. The Kier molecular flexibility index (Phi) is 7.44. The summed E-state index contributed by atoms with van der Waals surface area (Å²) in [6.07, 6.45) is 3.94. The fourth-order valence-corrected chi connectivity index (χ4v) is 4.07. The molecule has 1 saturated heterocycles. The molecule has 2 heterocycles. The summed E-state index contributed by atoms with van der Waals surface area (Å²) in [6.45, 7) is 9.78. The van der Waals surface area contributed by atoms with Gasteiger partial charge in [0, 0.05) is 56.9 Å². The van der Waals surface area contributed by atoms with Crippen molar-refractivity contribution in [1.29, 1.82) is 5.26 Å². The summed E-state index contributed by atoms with van der Waals surface area (Å²) in [7, 11) is -2.99. The van der Waals surface area contributed by atoms with E-state index in [2.05, 4.69) is 17.6 Å². The van der Waals surface area contributed by atoms with Gasteiger partial charge in [-0.25, -0.2) is 8.42 Å². The van der Waals surface area contributed by atoms with E-state index in [4.69, 9.17) is 0 Å². The van der Waals surface area contributed by atoms with Gasteiger partial charge in [-0.3, -0.25) is 9.69 Å². The van der Waals surface area contributed by atoms with Crippen LogP contribution in [0.15, 0.2) is 11.6 Å². The molecule has 1 fully saturated rings. The van der Waals surface area contributed by atoms with E-state index in [1.165, 1.54) is 6.26 Å². The summed E-state index contributed by atoms with van der Waals surface area (Å²) in [6, 6.07) is 4.07. The van der Waals surface area contributed by atoms with Gasteiger partial charge in [-0.15, -0.1) is 0 Å². The third-order valence-electron chi connectivity index (χ3n) is 5.15. The molecule has 0 aliphatic carbocycles. The van der Waals surface area contributed by atoms with Gasteiger partial charge >= 0.3 is 0 Å². The summed E-state index contributed by atoms with van der Waals surface area (Å²) in [5, 5.41) is 9.53. The van der Waals surface area contributed by atoms with Crippen LogP contribution >= 0.6 is 0 Å². The van der Waals surface area contributed by atoms with E-state index >= 15 is 0 Å². The highest BCUT2D eigenvalue weighted by atomic mass is 32.2. The van der Waals surface area contributed by atoms with Gasteiger partial charge in [0.1, 0.15) is 21.5 Å². The minimum atomic E-state index is -2.99. The average molecular weight is 407 g/mol. The fourth-order valence-electron chi connectivity index (χ4n) is 3.48. The Morgan fingerprint density at radius 2 is 1.86 bits per heavy atom. The van der Waals surface area contributed by atoms with Crippen molar-refractivity contribution < 1.29 is 13.2 Å². The Morgan fingerprint density at radius 3 is 2.39 bits per heavy atom. The van der Waals surface area contributed by atoms with Crippen LogP contribution < -0.4 is 0 Å². The quantitative estimate of drug-likeness (QED) is 0.507. The van der Waals surface area contributed by atoms with Gasteiger partial charge in [0.25, 0.3) is 5.91 Å². The molecule has 0 aromatic carbocycles. The molecule has 2 rings (SSSR count). The van der Waals surface area contributed by atoms with Gasteiger partial charge in [0.2, 0.25) is 0 Å². The number of nitriles is 1. The van der Waals surface area contributed by atoms with Gasteiger partial charge in [-0.05, 0) is 38.0 Å². The maximum absolute atomic E-state index is 12.8. The lowest BCUT2D eigenvalue weighted by Gasteiger charge is -2.34. The van der Waals surface area contributed by atoms with Crippen molar-refractivity contribution in [2.24, 2.45) is 0 Å². The molecule has 154 valence electrons. The Morgan fingerprint density at radius 1 is 1.21 bits per heavy atom. The normalized spacial score (nSPS) is 16.2. The maximum atomic E-state index is 12.8. The third kappa shape index (κ3) is 5.69. The van der Waals surface area contributed by atoms with Crippen LogP contribution in [0.5, 0.6) is 0 Å². The largest absolute Gasteiger partial charge is 0.349 e. The van der Waals surface area contributed by atoms with Crippen molar-refractivity contribution >= 4 is 21.8 Å². The summed E-state index contributed by atoms with van der Waals surface area (Å²) >= 11 is 0. The summed E-state index contributed by atoms with van der Waals surface area (Å²) < 4.78 is 24.8. The van der Waals surface area contributed by atoms with Gasteiger partial charge in [0.15, 0.2) is 0 Å². The molecule has 0 unspecified atom stereocenters. The molecule has 0 radical (unpaired) electrons. The highest BCUT2D eigenvalue weighted by molar-refractivity contribution is 7.90. The lowest BCUT2D eigenvalue weighted by Crippen LogP contribution is -2.49. The molecular formula is C20H30N4O3S. The second-order valence-corrected chi connectivity index (χ2v) is 9.67. The molecule has 1 aromatic heterocycles. The molecular weight excluding hydrogens is 376 g/mol. The zero-order valence-electron chi connectivity index (χ0n) is 17.2. The van der Waals surface area contributed by atoms with Gasteiger partial charge in [-0.1, -0.05) is 6.92 Å². The smallest absolute Gasteiger partial charge is 0.264 e. The monoisotopic (exact) mass is 406 g/mol. The minimum absolute atomic E-state index is 0.123. The number of piperazine rings is 1. The molecule has 1 amide bonds. The average Bonchev–Trinajstić information content (AvgIpc) is 2.91. The van der Waals surface area contributed by atoms with E-state index in [1.807, 2.05) is 24.8 Å². The topological polar surface area (TPSA) is 86.4 Å². The first-order valence-electron chi connectivity index (χ1n) is 9.64. The molecule has 0 N–H and O–H groups in total. The molecule has 0 bridgehead atoms. The van der Waals surface area contributed by atoms with Crippen molar-refractivity contribution in [2.45, 2.75) is 33.7 Å². The van der Waals surface area contributed by atoms with E-state index < -0.39 is 9.84 Å². The lowest BCUT2D eigenvalue weighted by molar-refractivity contribution is -0.128. The highest BCUT2D eigenvalue weighted by Crippen LogP contribution is 2.20. The molecule has 28 heavy (non-hydrogen) atoms. The Hall–Kier alpha value is -2.11. The summed E-state index contributed by atoms with van der Waals surface area (Å²) in [5.41, 5.74) is 3.23. The van der Waals surface area contributed by atoms with Crippen molar-refractivity contribution in [2.75, 3.05) is 44.7 Å². The summed E-state index contributed by atoms with van der Waals surface area (Å²) in [5.74, 6) is -0.136. The van der Waals surface area contributed by atoms with Crippen molar-refractivity contribution in [3.63, 3.8) is 0 Å². The lowest BCUT2D eigenvalue weighted by atomic mass is 10.1. The molecule has 1 aliphatic rings. The number of aromatic nitrogens is 1. The van der Waals surface area contributed by atoms with Crippen LogP contribution in [-0.4, -0.2) is 73.4 Å². The second-order valence-electron chi connectivity index (χ2n) is 7.41. The van der Waals surface area contributed by atoms with Crippen molar-refractivity contribution in [3.8, 4) is 6.07 Å². The van der Waals surface area contributed by atoms with E-state index in [0.717, 1.165) is 29.9 Å². The maximum Gasteiger partial charge on any atom is 0.264 e. The molecule has 0 saturated carbocycles. The van der Waals surface area contributed by atoms with Gasteiger partial charge in [-0.2, -0.15) is 5.26 Å². The summed E-state index contributed by atoms with van der Waals surface area (Å²) in [4.78, 5) is 16.5. The van der Waals surface area contributed by atoms with Crippen LogP contribution in [0.25, 0.3) is 6.08 Å². The highest BCUT2D eigenvalue weighted by Gasteiger charge is 2.24. The first kappa shape index (κ1) is 22.2. The van der Waals surface area contributed by atoms with Crippen LogP contribution in [0.1, 0.15) is 30.3 Å². The second kappa shape index (κ2) is 9.39. The van der Waals surface area contributed by atoms with Crippen LogP contribution in [-0.2, 0) is 21.2 Å². The molecule has 7 nitrogen and oxygen atoms in total. The predicted octanol–water partition coefficient (Wildman–Crippen LogP) is 1.61. The number of aryl methyl sites for hydroxylation is 1. The fraction of sp³-hybridized carbons (Fsp3) is 0.600. The van der Waals surface area contributed by atoms with Gasteiger partial charge < -0.3 is 9.47 Å². The van der Waals surface area contributed by atoms with E-state index in [0.29, 0.717) is 32.7 Å². The van der Waals surface area contributed by atoms with Crippen molar-refractivity contribution in [3.05, 3.63) is 28.6 Å². The number of carbonyl (C=O) groups excluding carboxylic acids is 1. The Balaban J connectivity index is 2.06. The van der Waals surface area contributed by atoms with E-state index in [-0.39, 0.29) is 17.2 Å². The Bertz CT molecular complexity index is 885. The zero-order chi connectivity index (χ0) is 20.9. The van der Waals surface area contributed by atoms with Crippen LogP contribution in [0, 0.1) is 25.2 Å². The number of carbonyl (C=O) groups is 1. The zero-order valence-corrected chi connectivity index (χ0v) is 18.0. The number of sulfone groups is 1. The SMILES string of the molecule is CCCn1c(C)cc(/C=C(\C#N)C(=O)N2CCN(CCS(C)(=O)=O)CC2)c1C. The van der Waals surface area contributed by atoms with Crippen LogP contribution in [0.2, 0.25) is 0 Å². The first-order chi connectivity index (χ1) is 13.2. The van der Waals surface area contributed by atoms with Crippen LogP contribution in [0.3, 0.4) is 0 Å². The first-order valence-corrected chi connectivity index (χ1v) is 11.7. The third-order valence-corrected chi connectivity index (χ3v) is 6.07. The van der Waals surface area contributed by atoms with Crippen molar-refractivity contribution in [1.82, 2.24) is 14.4 Å². The molecule has 1 aliphatic heterocycles. The van der Waals surface area contributed by atoms with E-state index in [1.54, 1.807) is 11.0 Å². The van der Waals surface area contributed by atoms with Gasteiger partial charge in [0.05, 0.1) is 5.75 Å². The standard InChI is InChI=1S/C20H30N4O3S/c1-5-6-24-16(2)13-18(17(24)3)14-19(15-21)20(25)23-9-7-22(8-10-23)11-12-28(4,26)27/h13-14H,5-12H2,1-4H3/b19-14+. The van der Waals surface area contributed by atoms with E-state index in [9.17, 15) is 18.5 Å². The molecule has 0 atom stereocenters. The Labute approximate surface area is 168 Å². The molecule has 8 heteroatoms. The molecule has 1 aromatic rings. The van der Waals surface area contributed by atoms with Crippen LogP contribution in [0.4, 0.5) is 0 Å². The predicted molar refractivity (Wildman–Crippen MR) is 111 cm³/mol. The number of amides is 1. The molecule has 0 spiro atoms. The number of hydrogen-bond acceptors (Lipinski definition) is 5.